The Morgan fingerprint density at radius 2 is 2.31 bits per heavy atom. The summed E-state index contributed by atoms with van der Waals surface area (Å²) in [6, 6.07) is 0.245. The average Bonchev–Trinajstić information content (AvgIpc) is 2.01. The molecule has 0 aromatic carbocycles. The summed E-state index contributed by atoms with van der Waals surface area (Å²) in [6.45, 7) is 3.99. The Kier molecular flexibility index (Phi) is 4.59. The van der Waals surface area contributed by atoms with Gasteiger partial charge in [0.2, 0.25) is 5.91 Å². The molecule has 1 fully saturated rings. The Hall–Kier alpha value is -0.220. The summed E-state index contributed by atoms with van der Waals surface area (Å²) in [5.41, 5.74) is 5.74. The SMILES string of the molecule is CCC(N)CSCC(=O)N1CCC1. The Morgan fingerprint density at radius 3 is 2.77 bits per heavy atom. The van der Waals surface area contributed by atoms with Crippen LogP contribution in [0, 0.1) is 0 Å². The number of hydrogen-bond acceptors (Lipinski definition) is 3. The van der Waals surface area contributed by atoms with E-state index in [0.29, 0.717) is 5.75 Å². The smallest absolute Gasteiger partial charge is 0.232 e. The first kappa shape index (κ1) is 10.9. The molecule has 3 nitrogen and oxygen atoms in total. The summed E-state index contributed by atoms with van der Waals surface area (Å²) >= 11 is 1.66. The molecule has 1 unspecified atom stereocenters. The first-order valence-corrected chi connectivity index (χ1v) is 6.00. The number of nitrogens with two attached hydrogens (primary N) is 1. The molecule has 2 N–H and O–H groups in total. The number of hydrogen-bond donors (Lipinski definition) is 1. The highest BCUT2D eigenvalue weighted by Gasteiger charge is 2.19. The van der Waals surface area contributed by atoms with Crippen LogP contribution in [0.4, 0.5) is 0 Å². The summed E-state index contributed by atoms with van der Waals surface area (Å²) < 4.78 is 0. The molecule has 0 aliphatic carbocycles. The molecule has 0 radical (unpaired) electrons. The Morgan fingerprint density at radius 1 is 1.62 bits per heavy atom. The van der Waals surface area contributed by atoms with Gasteiger partial charge < -0.3 is 10.6 Å². The second-order valence-corrected chi connectivity index (χ2v) is 4.45. The van der Waals surface area contributed by atoms with Crippen molar-refractivity contribution >= 4 is 17.7 Å². The van der Waals surface area contributed by atoms with Gasteiger partial charge >= 0.3 is 0 Å². The van der Waals surface area contributed by atoms with Crippen molar-refractivity contribution in [2.45, 2.75) is 25.8 Å². The van der Waals surface area contributed by atoms with Gasteiger partial charge in [0.15, 0.2) is 0 Å². The molecular formula is C9H18N2OS. The van der Waals surface area contributed by atoms with Crippen molar-refractivity contribution < 1.29 is 4.79 Å². The molecule has 1 aliphatic rings. The molecule has 0 aromatic heterocycles. The molecule has 1 rings (SSSR count). The lowest BCUT2D eigenvalue weighted by atomic mass is 10.2. The van der Waals surface area contributed by atoms with Crippen LogP contribution in [-0.4, -0.2) is 41.4 Å². The quantitative estimate of drug-likeness (QED) is 0.713. The summed E-state index contributed by atoms with van der Waals surface area (Å²) in [4.78, 5) is 13.3. The number of carbonyl (C=O) groups is 1. The van der Waals surface area contributed by atoms with Crippen molar-refractivity contribution in [1.29, 1.82) is 0 Å². The van der Waals surface area contributed by atoms with Crippen LogP contribution in [0.25, 0.3) is 0 Å². The van der Waals surface area contributed by atoms with Gasteiger partial charge in [0, 0.05) is 24.9 Å². The molecule has 13 heavy (non-hydrogen) atoms. The van der Waals surface area contributed by atoms with Crippen LogP contribution in [-0.2, 0) is 4.79 Å². The van der Waals surface area contributed by atoms with Gasteiger partial charge in [0.25, 0.3) is 0 Å². The Balaban J connectivity index is 2.01. The zero-order chi connectivity index (χ0) is 9.68. The topological polar surface area (TPSA) is 46.3 Å². The molecule has 0 aromatic rings. The van der Waals surface area contributed by atoms with Crippen LogP contribution in [0.1, 0.15) is 19.8 Å². The van der Waals surface area contributed by atoms with Crippen molar-refractivity contribution in [2.24, 2.45) is 5.73 Å². The number of amides is 1. The summed E-state index contributed by atoms with van der Waals surface area (Å²) in [5, 5.41) is 0. The zero-order valence-corrected chi connectivity index (χ0v) is 8.98. The predicted octanol–water partition coefficient (Wildman–Crippen LogP) is 0.689. The van der Waals surface area contributed by atoms with Gasteiger partial charge in [-0.15, -0.1) is 0 Å². The average molecular weight is 202 g/mol. The van der Waals surface area contributed by atoms with Gasteiger partial charge in [0.05, 0.1) is 5.75 Å². The fourth-order valence-electron chi connectivity index (χ4n) is 1.07. The lowest BCUT2D eigenvalue weighted by molar-refractivity contribution is -0.131. The van der Waals surface area contributed by atoms with Gasteiger partial charge in [-0.3, -0.25) is 4.79 Å². The minimum absolute atomic E-state index is 0.245. The van der Waals surface area contributed by atoms with Crippen LogP contribution < -0.4 is 5.73 Å². The van der Waals surface area contributed by atoms with Crippen molar-refractivity contribution in [1.82, 2.24) is 4.90 Å². The fraction of sp³-hybridized carbons (Fsp3) is 0.889. The highest BCUT2D eigenvalue weighted by atomic mass is 32.2. The van der Waals surface area contributed by atoms with E-state index in [1.807, 2.05) is 4.90 Å². The maximum Gasteiger partial charge on any atom is 0.232 e. The maximum atomic E-state index is 11.4. The van der Waals surface area contributed by atoms with E-state index in [2.05, 4.69) is 6.92 Å². The van der Waals surface area contributed by atoms with Crippen molar-refractivity contribution in [2.75, 3.05) is 24.6 Å². The van der Waals surface area contributed by atoms with E-state index in [1.54, 1.807) is 11.8 Å². The third-order valence-corrected chi connectivity index (χ3v) is 3.41. The molecule has 1 heterocycles. The number of carbonyl (C=O) groups excluding carboxylic acids is 1. The number of thioether (sulfide) groups is 1. The predicted molar refractivity (Wildman–Crippen MR) is 56.8 cm³/mol. The molecule has 1 atom stereocenters. The van der Waals surface area contributed by atoms with Crippen molar-refractivity contribution in [3.05, 3.63) is 0 Å². The molecule has 1 saturated heterocycles. The summed E-state index contributed by atoms with van der Waals surface area (Å²) in [5.74, 6) is 1.78. The Bertz CT molecular complexity index is 171. The first-order valence-electron chi connectivity index (χ1n) is 4.85. The van der Waals surface area contributed by atoms with Crippen LogP contribution in [0.5, 0.6) is 0 Å². The third-order valence-electron chi connectivity index (χ3n) is 2.29. The largest absolute Gasteiger partial charge is 0.342 e. The van der Waals surface area contributed by atoms with E-state index >= 15 is 0 Å². The highest BCUT2D eigenvalue weighted by Crippen LogP contribution is 2.10. The first-order chi connectivity index (χ1) is 6.24. The zero-order valence-electron chi connectivity index (χ0n) is 8.16. The molecule has 1 amide bonds. The standard InChI is InChI=1S/C9H18N2OS/c1-2-8(10)6-13-7-9(12)11-4-3-5-11/h8H,2-7,10H2,1H3. The Labute approximate surface area is 84.0 Å². The van der Waals surface area contributed by atoms with Crippen LogP contribution in [0.3, 0.4) is 0 Å². The van der Waals surface area contributed by atoms with Crippen molar-refractivity contribution in [3.63, 3.8) is 0 Å². The lowest BCUT2D eigenvalue weighted by Gasteiger charge is -2.30. The fourth-order valence-corrected chi connectivity index (χ4v) is 2.09. The van der Waals surface area contributed by atoms with E-state index < -0.39 is 0 Å². The van der Waals surface area contributed by atoms with Gasteiger partial charge in [-0.1, -0.05) is 6.92 Å². The van der Waals surface area contributed by atoms with Gasteiger partial charge in [-0.05, 0) is 12.8 Å². The second kappa shape index (κ2) is 5.50. The minimum Gasteiger partial charge on any atom is -0.342 e. The monoisotopic (exact) mass is 202 g/mol. The molecule has 76 valence electrons. The lowest BCUT2D eigenvalue weighted by Crippen LogP contribution is -2.43. The number of likely N-dealkylation sites (tertiary alicyclic amines) is 1. The molecule has 0 bridgehead atoms. The van der Waals surface area contributed by atoms with Gasteiger partial charge in [-0.25, -0.2) is 0 Å². The molecular weight excluding hydrogens is 184 g/mol. The maximum absolute atomic E-state index is 11.4. The van der Waals surface area contributed by atoms with E-state index in [1.165, 1.54) is 6.42 Å². The van der Waals surface area contributed by atoms with Crippen LogP contribution in [0.15, 0.2) is 0 Å². The van der Waals surface area contributed by atoms with E-state index in [0.717, 1.165) is 25.3 Å². The summed E-state index contributed by atoms with van der Waals surface area (Å²) in [6.07, 6.45) is 2.16. The summed E-state index contributed by atoms with van der Waals surface area (Å²) in [7, 11) is 0. The second-order valence-electron chi connectivity index (χ2n) is 3.42. The molecule has 0 spiro atoms. The van der Waals surface area contributed by atoms with Crippen LogP contribution in [0.2, 0.25) is 0 Å². The number of nitrogens with zero attached hydrogens (tertiary/aromatic N) is 1. The molecule has 4 heteroatoms. The minimum atomic E-state index is 0.245. The van der Waals surface area contributed by atoms with Crippen molar-refractivity contribution in [3.8, 4) is 0 Å². The number of rotatable bonds is 5. The van der Waals surface area contributed by atoms with Gasteiger partial charge in [0.1, 0.15) is 0 Å². The molecule has 1 aliphatic heterocycles. The highest BCUT2D eigenvalue weighted by molar-refractivity contribution is 7.99. The van der Waals surface area contributed by atoms with E-state index in [4.69, 9.17) is 5.73 Å². The normalized spacial score (nSPS) is 18.2. The van der Waals surface area contributed by atoms with E-state index in [-0.39, 0.29) is 11.9 Å². The van der Waals surface area contributed by atoms with E-state index in [9.17, 15) is 4.79 Å². The van der Waals surface area contributed by atoms with Gasteiger partial charge in [-0.2, -0.15) is 11.8 Å². The third kappa shape index (κ3) is 3.56. The molecule has 0 saturated carbocycles. The van der Waals surface area contributed by atoms with Crippen LogP contribution >= 0.6 is 11.8 Å².